The van der Waals surface area contributed by atoms with E-state index in [4.69, 9.17) is 5.73 Å². The number of aromatic nitrogens is 2. The maximum absolute atomic E-state index is 6.15. The number of imidazole rings is 1. The highest BCUT2D eigenvalue weighted by molar-refractivity contribution is 9.10. The van der Waals surface area contributed by atoms with Crippen LogP contribution in [-0.4, -0.2) is 34.1 Å². The average Bonchev–Trinajstić information content (AvgIpc) is 2.76. The van der Waals surface area contributed by atoms with E-state index in [1.54, 1.807) is 0 Å². The number of likely N-dealkylation sites (tertiary alicyclic amines) is 1. The third-order valence-electron chi connectivity index (χ3n) is 4.14. The minimum absolute atomic E-state index is 0.474. The Morgan fingerprint density at radius 3 is 2.80 bits per heavy atom. The molecule has 0 unspecified atom stereocenters. The summed E-state index contributed by atoms with van der Waals surface area (Å²) in [6.07, 6.45) is 3.54. The second kappa shape index (κ2) is 5.74. The van der Waals surface area contributed by atoms with Gasteiger partial charge in [-0.15, -0.1) is 0 Å². The first-order valence-electron chi connectivity index (χ1n) is 7.34. The number of benzene rings is 1. The molecule has 0 bridgehead atoms. The van der Waals surface area contributed by atoms with E-state index < -0.39 is 0 Å². The summed E-state index contributed by atoms with van der Waals surface area (Å²) >= 11 is 3.54. The normalized spacial score (nSPS) is 17.9. The zero-order valence-corrected chi connectivity index (χ0v) is 13.4. The molecule has 1 aliphatic heterocycles. The lowest BCUT2D eigenvalue weighted by atomic mass is 10.0. The monoisotopic (exact) mass is 336 g/mol. The van der Waals surface area contributed by atoms with E-state index in [0.29, 0.717) is 12.0 Å². The smallest absolute Gasteiger partial charge is 0.201 e. The fourth-order valence-corrected chi connectivity index (χ4v) is 3.53. The molecular weight excluding hydrogens is 316 g/mol. The van der Waals surface area contributed by atoms with Crippen molar-refractivity contribution in [3.05, 3.63) is 22.7 Å². The van der Waals surface area contributed by atoms with E-state index in [-0.39, 0.29) is 0 Å². The van der Waals surface area contributed by atoms with Gasteiger partial charge in [-0.2, -0.15) is 0 Å². The average molecular weight is 337 g/mol. The number of fused-ring (bicyclic) bond motifs is 1. The fraction of sp³-hybridized carbons (Fsp3) is 0.533. The predicted molar refractivity (Wildman–Crippen MR) is 86.8 cm³/mol. The zero-order chi connectivity index (χ0) is 14.1. The standard InChI is InChI=1S/C15H21BrN4/c1-2-7-19-8-5-12(6-9-19)20-14-10-11(16)3-4-13(14)18-15(20)17/h3-4,10,12H,2,5-9H2,1H3,(H2,17,18). The van der Waals surface area contributed by atoms with Crippen molar-refractivity contribution < 1.29 is 0 Å². The first-order valence-corrected chi connectivity index (χ1v) is 8.13. The van der Waals surface area contributed by atoms with Gasteiger partial charge in [0.05, 0.1) is 11.0 Å². The van der Waals surface area contributed by atoms with Gasteiger partial charge in [-0.25, -0.2) is 4.98 Å². The first kappa shape index (κ1) is 13.9. The van der Waals surface area contributed by atoms with Gasteiger partial charge in [-0.1, -0.05) is 22.9 Å². The van der Waals surface area contributed by atoms with Crippen molar-refractivity contribution in [2.45, 2.75) is 32.2 Å². The molecule has 0 radical (unpaired) electrons. The Morgan fingerprint density at radius 2 is 2.10 bits per heavy atom. The predicted octanol–water partition coefficient (Wildman–Crippen LogP) is 3.43. The van der Waals surface area contributed by atoms with E-state index in [9.17, 15) is 0 Å². The van der Waals surface area contributed by atoms with Crippen LogP contribution in [0.3, 0.4) is 0 Å². The molecular formula is C15H21BrN4. The highest BCUT2D eigenvalue weighted by atomic mass is 79.9. The Hall–Kier alpha value is -1.07. The molecule has 20 heavy (non-hydrogen) atoms. The number of piperidine rings is 1. The lowest BCUT2D eigenvalue weighted by Crippen LogP contribution is -2.35. The summed E-state index contributed by atoms with van der Waals surface area (Å²) in [6.45, 7) is 5.76. The van der Waals surface area contributed by atoms with Crippen molar-refractivity contribution in [1.29, 1.82) is 0 Å². The van der Waals surface area contributed by atoms with Crippen LogP contribution in [0.25, 0.3) is 11.0 Å². The van der Waals surface area contributed by atoms with Crippen LogP contribution in [0.15, 0.2) is 22.7 Å². The molecule has 0 spiro atoms. The summed E-state index contributed by atoms with van der Waals surface area (Å²) in [5.41, 5.74) is 8.28. The molecule has 2 heterocycles. The molecule has 3 rings (SSSR count). The lowest BCUT2D eigenvalue weighted by molar-refractivity contribution is 0.189. The van der Waals surface area contributed by atoms with Gasteiger partial charge >= 0.3 is 0 Å². The molecule has 0 saturated carbocycles. The van der Waals surface area contributed by atoms with Gasteiger partial charge in [0, 0.05) is 23.6 Å². The number of hydrogen-bond donors (Lipinski definition) is 1. The molecule has 108 valence electrons. The number of nitrogens with zero attached hydrogens (tertiary/aromatic N) is 3. The van der Waals surface area contributed by atoms with Crippen LogP contribution in [0.5, 0.6) is 0 Å². The molecule has 0 atom stereocenters. The van der Waals surface area contributed by atoms with Crippen molar-refractivity contribution in [1.82, 2.24) is 14.5 Å². The molecule has 2 aromatic rings. The molecule has 1 saturated heterocycles. The van der Waals surface area contributed by atoms with Gasteiger partial charge in [0.25, 0.3) is 0 Å². The maximum Gasteiger partial charge on any atom is 0.201 e. The number of rotatable bonds is 3. The third-order valence-corrected chi connectivity index (χ3v) is 4.63. The summed E-state index contributed by atoms with van der Waals surface area (Å²) in [5, 5.41) is 0. The Bertz CT molecular complexity index is 599. The van der Waals surface area contributed by atoms with Crippen LogP contribution in [0.2, 0.25) is 0 Å². The summed E-state index contributed by atoms with van der Waals surface area (Å²) in [7, 11) is 0. The molecule has 4 nitrogen and oxygen atoms in total. The van der Waals surface area contributed by atoms with Crippen molar-refractivity contribution in [3.8, 4) is 0 Å². The lowest BCUT2D eigenvalue weighted by Gasteiger charge is -2.33. The molecule has 1 aliphatic rings. The summed E-state index contributed by atoms with van der Waals surface area (Å²) in [6, 6.07) is 6.64. The molecule has 1 aromatic heterocycles. The van der Waals surface area contributed by atoms with Gasteiger partial charge in [0.2, 0.25) is 5.95 Å². The van der Waals surface area contributed by atoms with E-state index in [1.165, 1.54) is 13.0 Å². The van der Waals surface area contributed by atoms with Crippen LogP contribution >= 0.6 is 15.9 Å². The van der Waals surface area contributed by atoms with Crippen LogP contribution in [-0.2, 0) is 0 Å². The van der Waals surface area contributed by atoms with E-state index >= 15 is 0 Å². The summed E-state index contributed by atoms with van der Waals surface area (Å²) < 4.78 is 3.30. The Balaban J connectivity index is 1.87. The largest absolute Gasteiger partial charge is 0.369 e. The quantitative estimate of drug-likeness (QED) is 0.933. The van der Waals surface area contributed by atoms with E-state index in [1.807, 2.05) is 12.1 Å². The van der Waals surface area contributed by atoms with Gasteiger partial charge in [-0.05, 0) is 44.0 Å². The van der Waals surface area contributed by atoms with E-state index in [0.717, 1.165) is 41.4 Å². The second-order valence-electron chi connectivity index (χ2n) is 5.55. The van der Waals surface area contributed by atoms with Gasteiger partial charge in [-0.3, -0.25) is 0 Å². The minimum atomic E-state index is 0.474. The molecule has 2 N–H and O–H groups in total. The number of anilines is 1. The molecule has 1 fully saturated rings. The topological polar surface area (TPSA) is 47.1 Å². The van der Waals surface area contributed by atoms with Crippen molar-refractivity contribution >= 4 is 32.9 Å². The minimum Gasteiger partial charge on any atom is -0.369 e. The zero-order valence-electron chi connectivity index (χ0n) is 11.8. The first-order chi connectivity index (χ1) is 9.69. The SMILES string of the molecule is CCCN1CCC(n2c(N)nc3ccc(Br)cc32)CC1. The number of hydrogen-bond acceptors (Lipinski definition) is 3. The third kappa shape index (κ3) is 2.56. The molecule has 0 aliphatic carbocycles. The molecule has 0 amide bonds. The fourth-order valence-electron chi connectivity index (χ4n) is 3.19. The van der Waals surface area contributed by atoms with Crippen molar-refractivity contribution in [2.75, 3.05) is 25.4 Å². The Kier molecular flexibility index (Phi) is 3.98. The van der Waals surface area contributed by atoms with E-state index in [2.05, 4.69) is 43.4 Å². The Morgan fingerprint density at radius 1 is 1.35 bits per heavy atom. The van der Waals surface area contributed by atoms with Crippen LogP contribution in [0, 0.1) is 0 Å². The van der Waals surface area contributed by atoms with Gasteiger partial charge in [0.1, 0.15) is 0 Å². The highest BCUT2D eigenvalue weighted by Gasteiger charge is 2.23. The summed E-state index contributed by atoms with van der Waals surface area (Å²) in [4.78, 5) is 7.03. The molecule has 1 aromatic carbocycles. The molecule has 5 heteroatoms. The van der Waals surface area contributed by atoms with Crippen molar-refractivity contribution in [2.24, 2.45) is 0 Å². The number of nitrogen functional groups attached to an aromatic ring is 1. The van der Waals surface area contributed by atoms with Gasteiger partial charge in [0.15, 0.2) is 0 Å². The van der Waals surface area contributed by atoms with Crippen LogP contribution < -0.4 is 5.73 Å². The maximum atomic E-state index is 6.15. The van der Waals surface area contributed by atoms with Crippen LogP contribution in [0.4, 0.5) is 5.95 Å². The highest BCUT2D eigenvalue weighted by Crippen LogP contribution is 2.31. The Labute approximate surface area is 128 Å². The number of nitrogens with two attached hydrogens (primary N) is 1. The van der Waals surface area contributed by atoms with Crippen molar-refractivity contribution in [3.63, 3.8) is 0 Å². The second-order valence-corrected chi connectivity index (χ2v) is 6.46. The van der Waals surface area contributed by atoms with Crippen LogP contribution in [0.1, 0.15) is 32.2 Å². The summed E-state index contributed by atoms with van der Waals surface area (Å²) in [5.74, 6) is 0.645. The van der Waals surface area contributed by atoms with Gasteiger partial charge < -0.3 is 15.2 Å². The number of halogens is 1.